The molecule has 1 aliphatic heterocycles. The first-order chi connectivity index (χ1) is 8.49. The van der Waals surface area contributed by atoms with Crippen molar-refractivity contribution in [1.82, 2.24) is 9.80 Å². The Kier molecular flexibility index (Phi) is 3.63. The van der Waals surface area contributed by atoms with Gasteiger partial charge in [-0.3, -0.25) is 9.69 Å². The smallest absolute Gasteiger partial charge is 0.226 e. The molecule has 0 bridgehead atoms. The summed E-state index contributed by atoms with van der Waals surface area (Å²) in [5.41, 5.74) is 0.215. The quantitative estimate of drug-likeness (QED) is 0.761. The van der Waals surface area contributed by atoms with Crippen LogP contribution in [-0.4, -0.2) is 47.9 Å². The normalized spacial score (nSPS) is 28.6. The Morgan fingerprint density at radius 2 is 1.94 bits per heavy atom. The Hall–Kier alpha value is -1.08. The second-order valence-corrected chi connectivity index (χ2v) is 6.16. The van der Waals surface area contributed by atoms with Crippen LogP contribution in [0, 0.1) is 22.7 Å². The lowest BCUT2D eigenvalue weighted by Crippen LogP contribution is -2.52. The van der Waals surface area contributed by atoms with Crippen molar-refractivity contribution in [1.29, 1.82) is 5.26 Å². The predicted molar refractivity (Wildman–Crippen MR) is 69.7 cm³/mol. The van der Waals surface area contributed by atoms with E-state index in [1.807, 2.05) is 11.8 Å². The molecule has 4 heteroatoms. The van der Waals surface area contributed by atoms with Crippen molar-refractivity contribution < 1.29 is 4.79 Å². The summed E-state index contributed by atoms with van der Waals surface area (Å²) in [5.74, 6) is 0.562. The Labute approximate surface area is 110 Å². The predicted octanol–water partition coefficient (Wildman–Crippen LogP) is 1.48. The van der Waals surface area contributed by atoms with Gasteiger partial charge in [0.2, 0.25) is 5.91 Å². The Bertz CT molecular complexity index is 364. The zero-order chi connectivity index (χ0) is 13.3. The molecule has 100 valence electrons. The van der Waals surface area contributed by atoms with E-state index in [0.29, 0.717) is 5.91 Å². The lowest BCUT2D eigenvalue weighted by molar-refractivity contribution is -0.135. The van der Waals surface area contributed by atoms with Crippen molar-refractivity contribution in [3.05, 3.63) is 0 Å². The molecule has 1 amide bonds. The zero-order valence-electron chi connectivity index (χ0n) is 11.6. The molecule has 0 aromatic carbocycles. The number of amides is 1. The average molecular weight is 249 g/mol. The molecule has 1 aliphatic carbocycles. The van der Waals surface area contributed by atoms with Crippen molar-refractivity contribution in [2.75, 3.05) is 26.2 Å². The van der Waals surface area contributed by atoms with E-state index in [1.54, 1.807) is 0 Å². The van der Waals surface area contributed by atoms with Crippen molar-refractivity contribution in [3.8, 4) is 6.07 Å². The van der Waals surface area contributed by atoms with E-state index in [0.717, 1.165) is 39.0 Å². The summed E-state index contributed by atoms with van der Waals surface area (Å²) >= 11 is 0. The van der Waals surface area contributed by atoms with Crippen molar-refractivity contribution >= 4 is 5.91 Å². The molecule has 0 spiro atoms. The van der Waals surface area contributed by atoms with E-state index >= 15 is 0 Å². The summed E-state index contributed by atoms with van der Waals surface area (Å²) in [6.07, 6.45) is 1.89. The summed E-state index contributed by atoms with van der Waals surface area (Å²) < 4.78 is 0. The minimum Gasteiger partial charge on any atom is -0.340 e. The number of carbonyl (C=O) groups excluding carboxylic acids is 1. The molecule has 2 aliphatic rings. The highest BCUT2D eigenvalue weighted by atomic mass is 16.2. The van der Waals surface area contributed by atoms with E-state index in [9.17, 15) is 4.79 Å². The molecule has 0 radical (unpaired) electrons. The first-order valence-electron chi connectivity index (χ1n) is 6.92. The second-order valence-electron chi connectivity index (χ2n) is 6.16. The first kappa shape index (κ1) is 13.4. The van der Waals surface area contributed by atoms with Gasteiger partial charge in [0.15, 0.2) is 0 Å². The topological polar surface area (TPSA) is 47.3 Å². The summed E-state index contributed by atoms with van der Waals surface area (Å²) in [6.45, 7) is 9.60. The maximum absolute atomic E-state index is 12.2. The number of nitriles is 1. The van der Waals surface area contributed by atoms with Crippen LogP contribution in [0.4, 0.5) is 0 Å². The molecule has 1 saturated carbocycles. The molecule has 2 fully saturated rings. The standard InChI is InChI=1S/C14H23N3O/c1-4-11(10-15)16-5-7-17(8-6-16)13(18)12-9-14(12,2)3/h11-12H,4-9H2,1-3H3. The molecule has 1 heterocycles. The Morgan fingerprint density at radius 3 is 2.33 bits per heavy atom. The van der Waals surface area contributed by atoms with Gasteiger partial charge in [-0.05, 0) is 18.3 Å². The van der Waals surface area contributed by atoms with Crippen LogP contribution in [0.15, 0.2) is 0 Å². The van der Waals surface area contributed by atoms with Gasteiger partial charge < -0.3 is 4.90 Å². The van der Waals surface area contributed by atoms with Crippen LogP contribution >= 0.6 is 0 Å². The van der Waals surface area contributed by atoms with Crippen LogP contribution in [0.25, 0.3) is 0 Å². The molecule has 0 aromatic rings. The molecule has 1 saturated heterocycles. The molecule has 0 N–H and O–H groups in total. The van der Waals surface area contributed by atoms with Crippen LogP contribution in [0.1, 0.15) is 33.6 Å². The number of carbonyl (C=O) groups is 1. The number of piperazine rings is 1. The third-order valence-corrected chi connectivity index (χ3v) is 4.41. The van der Waals surface area contributed by atoms with E-state index in [2.05, 4.69) is 24.8 Å². The summed E-state index contributed by atoms with van der Waals surface area (Å²) in [5, 5.41) is 9.05. The Morgan fingerprint density at radius 1 is 1.39 bits per heavy atom. The van der Waals surface area contributed by atoms with Crippen molar-refractivity contribution in [2.24, 2.45) is 11.3 Å². The minimum absolute atomic E-state index is 0.0135. The van der Waals surface area contributed by atoms with Gasteiger partial charge in [-0.25, -0.2) is 0 Å². The molecule has 0 aromatic heterocycles. The van der Waals surface area contributed by atoms with E-state index in [1.165, 1.54) is 0 Å². The third-order valence-electron chi connectivity index (χ3n) is 4.41. The number of hydrogen-bond donors (Lipinski definition) is 0. The lowest BCUT2D eigenvalue weighted by Gasteiger charge is -2.37. The molecule has 18 heavy (non-hydrogen) atoms. The fraction of sp³-hybridized carbons (Fsp3) is 0.857. The Balaban J connectivity index is 1.84. The van der Waals surface area contributed by atoms with Gasteiger partial charge >= 0.3 is 0 Å². The maximum Gasteiger partial charge on any atom is 0.226 e. The van der Waals surface area contributed by atoms with Crippen LogP contribution in [0.3, 0.4) is 0 Å². The van der Waals surface area contributed by atoms with Gasteiger partial charge in [0.25, 0.3) is 0 Å². The molecule has 2 unspecified atom stereocenters. The minimum atomic E-state index is 0.0135. The zero-order valence-corrected chi connectivity index (χ0v) is 11.6. The highest BCUT2D eigenvalue weighted by Gasteiger charge is 2.52. The summed E-state index contributed by atoms with van der Waals surface area (Å²) in [4.78, 5) is 16.4. The van der Waals surface area contributed by atoms with Gasteiger partial charge in [0, 0.05) is 32.1 Å². The van der Waals surface area contributed by atoms with E-state index in [4.69, 9.17) is 5.26 Å². The van der Waals surface area contributed by atoms with Crippen LogP contribution in [0.2, 0.25) is 0 Å². The summed E-state index contributed by atoms with van der Waals surface area (Å²) in [6, 6.07) is 2.35. The molecular weight excluding hydrogens is 226 g/mol. The lowest BCUT2D eigenvalue weighted by atomic mass is 10.1. The van der Waals surface area contributed by atoms with Gasteiger partial charge in [-0.15, -0.1) is 0 Å². The van der Waals surface area contributed by atoms with Crippen LogP contribution in [-0.2, 0) is 4.79 Å². The van der Waals surface area contributed by atoms with Gasteiger partial charge in [-0.2, -0.15) is 5.26 Å². The largest absolute Gasteiger partial charge is 0.340 e. The fourth-order valence-corrected chi connectivity index (χ4v) is 2.79. The van der Waals surface area contributed by atoms with Crippen molar-refractivity contribution in [2.45, 2.75) is 39.7 Å². The molecule has 2 rings (SSSR count). The molecule has 4 nitrogen and oxygen atoms in total. The highest BCUT2D eigenvalue weighted by Crippen LogP contribution is 2.52. The maximum atomic E-state index is 12.2. The van der Waals surface area contributed by atoms with Crippen LogP contribution in [0.5, 0.6) is 0 Å². The van der Waals surface area contributed by atoms with E-state index < -0.39 is 0 Å². The highest BCUT2D eigenvalue weighted by molar-refractivity contribution is 5.82. The number of nitrogens with zero attached hydrogens (tertiary/aromatic N) is 3. The number of rotatable bonds is 3. The monoisotopic (exact) mass is 249 g/mol. The first-order valence-corrected chi connectivity index (χ1v) is 6.92. The van der Waals surface area contributed by atoms with Gasteiger partial charge in [0.05, 0.1) is 12.1 Å². The van der Waals surface area contributed by atoms with Gasteiger partial charge in [-0.1, -0.05) is 20.8 Å². The third kappa shape index (κ3) is 2.51. The van der Waals surface area contributed by atoms with Crippen LogP contribution < -0.4 is 0 Å². The fourth-order valence-electron chi connectivity index (χ4n) is 2.79. The second kappa shape index (κ2) is 4.89. The average Bonchev–Trinajstić information content (AvgIpc) is 3.00. The number of hydrogen-bond acceptors (Lipinski definition) is 3. The van der Waals surface area contributed by atoms with Crippen molar-refractivity contribution in [3.63, 3.8) is 0 Å². The molecule has 2 atom stereocenters. The van der Waals surface area contributed by atoms with Gasteiger partial charge in [0.1, 0.15) is 0 Å². The summed E-state index contributed by atoms with van der Waals surface area (Å²) in [7, 11) is 0. The van der Waals surface area contributed by atoms with E-state index in [-0.39, 0.29) is 17.4 Å². The SMILES string of the molecule is CCC(C#N)N1CCN(C(=O)C2CC2(C)C)CC1. The molecular formula is C14H23N3O.